The second-order valence-corrected chi connectivity index (χ2v) is 3.64. The Morgan fingerprint density at radius 1 is 1.17 bits per heavy atom. The highest BCUT2D eigenvalue weighted by atomic mass is 31.2. The SMILES string of the molecule is CCOOP(=O)(CN)OOCC. The summed E-state index contributed by atoms with van der Waals surface area (Å²) < 4.78 is 20.1. The minimum atomic E-state index is -3.40. The monoisotopic (exact) mass is 199 g/mol. The highest BCUT2D eigenvalue weighted by Gasteiger charge is 2.25. The maximum Gasteiger partial charge on any atom is 0.397 e. The summed E-state index contributed by atoms with van der Waals surface area (Å²) in [5.41, 5.74) is 5.12. The quantitative estimate of drug-likeness (QED) is 0.374. The maximum absolute atomic E-state index is 11.3. The van der Waals surface area contributed by atoms with Crippen LogP contribution in [-0.4, -0.2) is 19.5 Å². The van der Waals surface area contributed by atoms with Crippen LogP contribution in [0.1, 0.15) is 13.8 Å². The van der Waals surface area contributed by atoms with E-state index in [0.717, 1.165) is 0 Å². The lowest BCUT2D eigenvalue weighted by Gasteiger charge is -2.12. The standard InChI is InChI=1S/C5H14NO5P/c1-3-8-10-12(7,5-6)11-9-4-2/h3-6H2,1-2H3. The average molecular weight is 199 g/mol. The summed E-state index contributed by atoms with van der Waals surface area (Å²) >= 11 is 0. The molecule has 0 aliphatic carbocycles. The van der Waals surface area contributed by atoms with Crippen molar-refractivity contribution >= 4 is 7.60 Å². The molecule has 6 nitrogen and oxygen atoms in total. The van der Waals surface area contributed by atoms with Crippen molar-refractivity contribution in [2.24, 2.45) is 5.73 Å². The lowest BCUT2D eigenvalue weighted by molar-refractivity contribution is -0.262. The van der Waals surface area contributed by atoms with Gasteiger partial charge in [0, 0.05) is 0 Å². The Morgan fingerprint density at radius 3 is 1.83 bits per heavy atom. The van der Waals surface area contributed by atoms with E-state index in [9.17, 15) is 4.57 Å². The van der Waals surface area contributed by atoms with Gasteiger partial charge >= 0.3 is 7.60 Å². The molecule has 0 aliphatic heterocycles. The van der Waals surface area contributed by atoms with Crippen LogP contribution < -0.4 is 5.73 Å². The second-order valence-electron chi connectivity index (χ2n) is 1.76. The molecule has 0 amide bonds. The first kappa shape index (κ1) is 12.0. The van der Waals surface area contributed by atoms with Crippen LogP contribution in [0.15, 0.2) is 0 Å². The van der Waals surface area contributed by atoms with Gasteiger partial charge in [0.1, 0.15) is 6.29 Å². The molecular weight excluding hydrogens is 185 g/mol. The molecule has 0 radical (unpaired) electrons. The first-order valence-corrected chi connectivity index (χ1v) is 5.32. The van der Waals surface area contributed by atoms with E-state index in [2.05, 4.69) is 19.1 Å². The second kappa shape index (κ2) is 6.54. The molecule has 0 aromatic carbocycles. The van der Waals surface area contributed by atoms with E-state index in [-0.39, 0.29) is 19.5 Å². The topological polar surface area (TPSA) is 80.0 Å². The molecule has 7 heteroatoms. The summed E-state index contributed by atoms with van der Waals surface area (Å²) in [5, 5.41) is 0. The number of nitrogens with two attached hydrogens (primary N) is 1. The Labute approximate surface area is 71.3 Å². The zero-order chi connectivity index (χ0) is 9.45. The van der Waals surface area contributed by atoms with Crippen LogP contribution in [0, 0.1) is 0 Å². The average Bonchev–Trinajstić information content (AvgIpc) is 2.11. The van der Waals surface area contributed by atoms with Crippen molar-refractivity contribution in [2.45, 2.75) is 13.8 Å². The van der Waals surface area contributed by atoms with Gasteiger partial charge in [-0.2, -0.15) is 0 Å². The molecule has 0 spiro atoms. The van der Waals surface area contributed by atoms with Crippen LogP contribution in [-0.2, 0) is 23.7 Å². The molecule has 0 aliphatic rings. The summed E-state index contributed by atoms with van der Waals surface area (Å²) in [6, 6.07) is 0. The molecule has 0 fully saturated rings. The molecule has 0 rings (SSSR count). The third-order valence-electron chi connectivity index (χ3n) is 0.792. The van der Waals surface area contributed by atoms with Crippen molar-refractivity contribution in [1.29, 1.82) is 0 Å². The number of hydrogen-bond acceptors (Lipinski definition) is 6. The summed E-state index contributed by atoms with van der Waals surface area (Å²) in [6.07, 6.45) is -0.285. The minimum Gasteiger partial charge on any atom is -0.320 e. The van der Waals surface area contributed by atoms with Crippen molar-refractivity contribution in [3.05, 3.63) is 0 Å². The van der Waals surface area contributed by atoms with Crippen LogP contribution in [0.2, 0.25) is 0 Å². The Bertz CT molecular complexity index is 141. The van der Waals surface area contributed by atoms with Gasteiger partial charge in [-0.25, -0.2) is 9.78 Å². The Kier molecular flexibility index (Phi) is 6.55. The fourth-order valence-electron chi connectivity index (χ4n) is 0.339. The van der Waals surface area contributed by atoms with Gasteiger partial charge in [0.2, 0.25) is 0 Å². The summed E-state index contributed by atoms with van der Waals surface area (Å²) in [5.74, 6) is 0. The van der Waals surface area contributed by atoms with Crippen LogP contribution in [0.3, 0.4) is 0 Å². The van der Waals surface area contributed by atoms with Gasteiger partial charge in [-0.1, -0.05) is 0 Å². The lowest BCUT2D eigenvalue weighted by atomic mass is 10.9. The zero-order valence-corrected chi connectivity index (χ0v) is 8.08. The van der Waals surface area contributed by atoms with E-state index in [1.165, 1.54) is 0 Å². The fraction of sp³-hybridized carbons (Fsp3) is 1.00. The molecule has 0 atom stereocenters. The molecule has 74 valence electrons. The highest BCUT2D eigenvalue weighted by Crippen LogP contribution is 2.46. The molecular formula is C5H14NO5P. The Morgan fingerprint density at radius 2 is 1.58 bits per heavy atom. The van der Waals surface area contributed by atoms with Crippen molar-refractivity contribution in [2.75, 3.05) is 19.5 Å². The van der Waals surface area contributed by atoms with Crippen LogP contribution in [0.25, 0.3) is 0 Å². The van der Waals surface area contributed by atoms with E-state index in [4.69, 9.17) is 5.73 Å². The molecule has 0 saturated carbocycles. The summed E-state index contributed by atoms with van der Waals surface area (Å²) in [6.45, 7) is 3.89. The van der Waals surface area contributed by atoms with Gasteiger partial charge < -0.3 is 5.73 Å². The highest BCUT2D eigenvalue weighted by molar-refractivity contribution is 7.53. The predicted octanol–water partition coefficient (Wildman–Crippen LogP) is 1.03. The molecule has 0 saturated heterocycles. The van der Waals surface area contributed by atoms with Gasteiger partial charge in [-0.3, -0.25) is 4.57 Å². The minimum absolute atomic E-state index is 0.263. The van der Waals surface area contributed by atoms with Gasteiger partial charge in [0.25, 0.3) is 0 Å². The smallest absolute Gasteiger partial charge is 0.320 e. The third-order valence-corrected chi connectivity index (χ3v) is 1.90. The van der Waals surface area contributed by atoms with E-state index in [1.54, 1.807) is 13.8 Å². The molecule has 0 bridgehead atoms. The third kappa shape index (κ3) is 4.82. The van der Waals surface area contributed by atoms with Gasteiger partial charge in [0.05, 0.1) is 13.2 Å². The summed E-state index contributed by atoms with van der Waals surface area (Å²) in [7, 11) is -3.40. The van der Waals surface area contributed by atoms with E-state index < -0.39 is 7.60 Å². The lowest BCUT2D eigenvalue weighted by Crippen LogP contribution is -2.08. The molecule has 12 heavy (non-hydrogen) atoms. The van der Waals surface area contributed by atoms with Crippen LogP contribution in [0.4, 0.5) is 0 Å². The first-order chi connectivity index (χ1) is 5.68. The molecule has 0 unspecified atom stereocenters. The van der Waals surface area contributed by atoms with Crippen LogP contribution >= 0.6 is 7.60 Å². The van der Waals surface area contributed by atoms with Crippen molar-refractivity contribution < 1.29 is 23.7 Å². The molecule has 0 heterocycles. The Balaban J connectivity index is 3.79. The normalized spacial score (nSPS) is 11.9. The van der Waals surface area contributed by atoms with Gasteiger partial charge in [0.15, 0.2) is 0 Å². The molecule has 0 aromatic heterocycles. The van der Waals surface area contributed by atoms with E-state index >= 15 is 0 Å². The largest absolute Gasteiger partial charge is 0.397 e. The molecule has 2 N–H and O–H groups in total. The van der Waals surface area contributed by atoms with Crippen molar-refractivity contribution in [3.8, 4) is 0 Å². The number of hydrogen-bond donors (Lipinski definition) is 1. The van der Waals surface area contributed by atoms with Crippen LogP contribution in [0.5, 0.6) is 0 Å². The zero-order valence-electron chi connectivity index (χ0n) is 7.19. The predicted molar refractivity (Wildman–Crippen MR) is 42.1 cm³/mol. The van der Waals surface area contributed by atoms with Crippen molar-refractivity contribution in [1.82, 2.24) is 0 Å². The fourth-order valence-corrected chi connectivity index (χ4v) is 1.02. The van der Waals surface area contributed by atoms with Gasteiger partial charge in [-0.05, 0) is 13.8 Å². The summed E-state index contributed by atoms with van der Waals surface area (Å²) in [4.78, 5) is 8.88. The van der Waals surface area contributed by atoms with Gasteiger partial charge in [-0.15, -0.1) is 9.35 Å². The van der Waals surface area contributed by atoms with Crippen molar-refractivity contribution in [3.63, 3.8) is 0 Å². The van der Waals surface area contributed by atoms with E-state index in [0.29, 0.717) is 0 Å². The number of rotatable bonds is 7. The first-order valence-electron chi connectivity index (χ1n) is 3.60. The Hall–Kier alpha value is 0.0300. The van der Waals surface area contributed by atoms with E-state index in [1.807, 2.05) is 0 Å². The molecule has 0 aromatic rings. The maximum atomic E-state index is 11.3.